The summed E-state index contributed by atoms with van der Waals surface area (Å²) in [7, 11) is 0. The van der Waals surface area contributed by atoms with E-state index in [4.69, 9.17) is 16.9 Å². The number of anilines is 1. The van der Waals surface area contributed by atoms with Gasteiger partial charge in [0.05, 0.1) is 5.56 Å². The first-order valence-electron chi connectivity index (χ1n) is 5.76. The maximum absolute atomic E-state index is 12.5. The van der Waals surface area contributed by atoms with Crippen LogP contribution in [0.5, 0.6) is 0 Å². The summed E-state index contributed by atoms with van der Waals surface area (Å²) in [6.07, 6.45) is -3.42. The first-order chi connectivity index (χ1) is 9.88. The third-order valence-electron chi connectivity index (χ3n) is 2.32. The van der Waals surface area contributed by atoms with Crippen molar-refractivity contribution in [2.75, 3.05) is 17.7 Å². The maximum atomic E-state index is 12.5. The Kier molecular flexibility index (Phi) is 6.06. The summed E-state index contributed by atoms with van der Waals surface area (Å²) in [5.41, 5.74) is -0.980. The minimum absolute atomic E-state index is 0.114. The van der Waals surface area contributed by atoms with Gasteiger partial charge in [0.2, 0.25) is 0 Å². The molecule has 0 aromatic heterocycles. The summed E-state index contributed by atoms with van der Waals surface area (Å²) >= 11 is 5.39. The lowest BCUT2D eigenvalue weighted by atomic mass is 10.2. The van der Waals surface area contributed by atoms with Crippen LogP contribution in [0.2, 0.25) is 0 Å². The minimum atomic E-state index is -4.46. The Morgan fingerprint density at radius 1 is 1.43 bits per heavy atom. The van der Waals surface area contributed by atoms with Crippen LogP contribution in [0.4, 0.5) is 18.9 Å². The van der Waals surface area contributed by atoms with Crippen LogP contribution in [-0.4, -0.2) is 18.3 Å². The van der Waals surface area contributed by atoms with Crippen molar-refractivity contribution < 1.29 is 18.0 Å². The zero-order valence-electron chi connectivity index (χ0n) is 10.7. The number of amides is 1. The van der Waals surface area contributed by atoms with Gasteiger partial charge in [0, 0.05) is 24.3 Å². The lowest BCUT2D eigenvalue weighted by Crippen LogP contribution is -2.26. The first kappa shape index (κ1) is 16.9. The molecule has 4 nitrogen and oxygen atoms in total. The molecule has 1 aromatic carbocycles. The molecule has 0 atom stereocenters. The van der Waals surface area contributed by atoms with Gasteiger partial charge in [0.15, 0.2) is 0 Å². The number of rotatable bonds is 5. The number of alkyl halides is 4. The first-order valence-corrected chi connectivity index (χ1v) is 6.30. The summed E-state index contributed by atoms with van der Waals surface area (Å²) in [5, 5.41) is 13.7. The topological polar surface area (TPSA) is 64.9 Å². The number of halogens is 4. The highest BCUT2D eigenvalue weighted by atomic mass is 35.5. The summed E-state index contributed by atoms with van der Waals surface area (Å²) < 4.78 is 37.6. The van der Waals surface area contributed by atoms with Crippen LogP contribution in [0.1, 0.15) is 5.56 Å². The molecular formula is C13H11ClF3N3O. The van der Waals surface area contributed by atoms with E-state index >= 15 is 0 Å². The normalized spacial score (nSPS) is 11.7. The highest BCUT2D eigenvalue weighted by molar-refractivity contribution is 6.18. The molecule has 112 valence electrons. The van der Waals surface area contributed by atoms with Gasteiger partial charge in [-0.15, -0.1) is 11.6 Å². The number of carbonyl (C=O) groups excluding carboxylic acids is 1. The molecule has 1 aromatic rings. The standard InChI is InChI=1S/C13H11ClF3N3O/c14-4-5-19-12(21)9(7-18)8-20-11-3-1-2-10(6-11)13(15,16)17/h1-3,6,8,20H,4-5H2,(H,19,21)/b9-8-. The van der Waals surface area contributed by atoms with Gasteiger partial charge in [0.25, 0.3) is 5.91 Å². The third-order valence-corrected chi connectivity index (χ3v) is 2.51. The van der Waals surface area contributed by atoms with Crippen LogP contribution in [0.25, 0.3) is 0 Å². The van der Waals surface area contributed by atoms with E-state index in [-0.39, 0.29) is 23.7 Å². The number of nitrogens with one attached hydrogen (secondary N) is 2. The molecule has 0 aliphatic heterocycles. The van der Waals surface area contributed by atoms with Crippen molar-refractivity contribution in [3.63, 3.8) is 0 Å². The molecule has 0 spiro atoms. The lowest BCUT2D eigenvalue weighted by Gasteiger charge is -2.08. The summed E-state index contributed by atoms with van der Waals surface area (Å²) in [5.74, 6) is -0.469. The fourth-order valence-electron chi connectivity index (χ4n) is 1.35. The Morgan fingerprint density at radius 2 is 2.14 bits per heavy atom. The Balaban J connectivity index is 2.83. The number of carbonyl (C=O) groups is 1. The summed E-state index contributed by atoms with van der Waals surface area (Å²) in [6.45, 7) is 0.183. The molecule has 0 fully saturated rings. The summed E-state index contributed by atoms with van der Waals surface area (Å²) in [4.78, 5) is 11.5. The van der Waals surface area contributed by atoms with E-state index in [2.05, 4.69) is 10.6 Å². The van der Waals surface area contributed by atoms with Crippen LogP contribution in [-0.2, 0) is 11.0 Å². The molecule has 2 N–H and O–H groups in total. The van der Waals surface area contributed by atoms with Gasteiger partial charge < -0.3 is 10.6 Å². The van der Waals surface area contributed by atoms with Crippen molar-refractivity contribution in [1.82, 2.24) is 5.32 Å². The molecule has 0 heterocycles. The van der Waals surface area contributed by atoms with Crippen LogP contribution in [0.15, 0.2) is 36.0 Å². The molecule has 21 heavy (non-hydrogen) atoms. The number of hydrogen-bond donors (Lipinski definition) is 2. The zero-order chi connectivity index (χ0) is 15.9. The maximum Gasteiger partial charge on any atom is 0.416 e. The highest BCUT2D eigenvalue weighted by Gasteiger charge is 2.30. The monoisotopic (exact) mass is 317 g/mol. The molecule has 0 unspecified atom stereocenters. The second-order valence-electron chi connectivity index (χ2n) is 3.84. The van der Waals surface area contributed by atoms with Crippen molar-refractivity contribution in [2.24, 2.45) is 0 Å². The molecule has 0 aliphatic carbocycles. The zero-order valence-corrected chi connectivity index (χ0v) is 11.4. The van der Waals surface area contributed by atoms with Gasteiger partial charge in [-0.1, -0.05) is 6.07 Å². The van der Waals surface area contributed by atoms with Gasteiger partial charge >= 0.3 is 6.18 Å². The van der Waals surface area contributed by atoms with Crippen molar-refractivity contribution in [3.8, 4) is 6.07 Å². The molecule has 1 rings (SSSR count). The number of hydrogen-bond acceptors (Lipinski definition) is 3. The second-order valence-corrected chi connectivity index (χ2v) is 4.22. The van der Waals surface area contributed by atoms with Crippen LogP contribution in [0, 0.1) is 11.3 Å². The largest absolute Gasteiger partial charge is 0.416 e. The van der Waals surface area contributed by atoms with Crippen molar-refractivity contribution in [2.45, 2.75) is 6.18 Å². The van der Waals surface area contributed by atoms with Crippen molar-refractivity contribution in [3.05, 3.63) is 41.6 Å². The predicted molar refractivity (Wildman–Crippen MR) is 72.5 cm³/mol. The van der Waals surface area contributed by atoms with Gasteiger partial charge in [0.1, 0.15) is 11.6 Å². The van der Waals surface area contributed by atoms with E-state index in [9.17, 15) is 18.0 Å². The van der Waals surface area contributed by atoms with E-state index < -0.39 is 17.6 Å². The molecule has 0 radical (unpaired) electrons. The van der Waals surface area contributed by atoms with Crippen molar-refractivity contribution in [1.29, 1.82) is 5.26 Å². The Labute approximate surface area is 124 Å². The molecule has 0 bridgehead atoms. The molecule has 1 amide bonds. The number of benzene rings is 1. The quantitative estimate of drug-likeness (QED) is 0.498. The molecule has 0 saturated carbocycles. The van der Waals surface area contributed by atoms with Crippen molar-refractivity contribution >= 4 is 23.2 Å². The molecular weight excluding hydrogens is 307 g/mol. The third kappa shape index (κ3) is 5.36. The Bertz CT molecular complexity index is 579. The van der Waals surface area contributed by atoms with E-state index in [1.54, 1.807) is 6.07 Å². The molecule has 0 saturated heterocycles. The van der Waals surface area contributed by atoms with Gasteiger partial charge in [-0.3, -0.25) is 4.79 Å². The van der Waals surface area contributed by atoms with Crippen LogP contribution in [0.3, 0.4) is 0 Å². The van der Waals surface area contributed by atoms with E-state index in [1.807, 2.05) is 0 Å². The van der Waals surface area contributed by atoms with Crippen LogP contribution < -0.4 is 10.6 Å². The minimum Gasteiger partial charge on any atom is -0.360 e. The van der Waals surface area contributed by atoms with E-state index in [0.717, 1.165) is 18.3 Å². The smallest absolute Gasteiger partial charge is 0.360 e. The number of nitriles is 1. The average molecular weight is 318 g/mol. The van der Waals surface area contributed by atoms with E-state index in [1.165, 1.54) is 12.1 Å². The Hall–Kier alpha value is -2.20. The number of nitrogens with zero attached hydrogens (tertiary/aromatic N) is 1. The SMILES string of the molecule is N#C/C(=C/Nc1cccc(C(F)(F)F)c1)C(=O)NCCCl. The fraction of sp³-hybridized carbons (Fsp3) is 0.231. The molecule has 8 heteroatoms. The van der Waals surface area contributed by atoms with Gasteiger partial charge in [-0.05, 0) is 18.2 Å². The van der Waals surface area contributed by atoms with E-state index in [0.29, 0.717) is 0 Å². The fourth-order valence-corrected chi connectivity index (χ4v) is 1.44. The lowest BCUT2D eigenvalue weighted by molar-refractivity contribution is -0.137. The average Bonchev–Trinajstić information content (AvgIpc) is 2.45. The summed E-state index contributed by atoms with van der Waals surface area (Å²) in [6, 6.07) is 6.06. The van der Waals surface area contributed by atoms with Crippen LogP contribution >= 0.6 is 11.6 Å². The predicted octanol–water partition coefficient (Wildman–Crippen LogP) is 2.88. The second kappa shape index (κ2) is 7.55. The highest BCUT2D eigenvalue weighted by Crippen LogP contribution is 2.30. The van der Waals surface area contributed by atoms with Gasteiger partial charge in [-0.25, -0.2) is 0 Å². The molecule has 0 aliphatic rings. The van der Waals surface area contributed by atoms with Gasteiger partial charge in [-0.2, -0.15) is 18.4 Å². The Morgan fingerprint density at radius 3 is 2.71 bits per heavy atom.